The normalized spacial score (nSPS) is 15.9. The van der Waals surface area contributed by atoms with Crippen LogP contribution >= 0.6 is 0 Å². The zero-order chi connectivity index (χ0) is 22.8. The average molecular weight is 447 g/mol. The van der Waals surface area contributed by atoms with Crippen molar-refractivity contribution < 1.29 is 23.5 Å². The highest BCUT2D eigenvalue weighted by Crippen LogP contribution is 2.39. The molecule has 0 unspecified atom stereocenters. The van der Waals surface area contributed by atoms with E-state index < -0.39 is 11.9 Å². The minimum absolute atomic E-state index is 0.114. The molecule has 0 saturated heterocycles. The first-order chi connectivity index (χ1) is 16.1. The summed E-state index contributed by atoms with van der Waals surface area (Å²) < 4.78 is 16.4. The van der Waals surface area contributed by atoms with E-state index in [2.05, 4.69) is 5.32 Å². The molecule has 1 aliphatic carbocycles. The van der Waals surface area contributed by atoms with Crippen molar-refractivity contribution in [3.8, 4) is 11.5 Å². The molecule has 1 saturated carbocycles. The molecule has 7 nitrogen and oxygen atoms in total. The predicted molar refractivity (Wildman–Crippen MR) is 122 cm³/mol. The number of fused-ring (bicyclic) bond motifs is 1. The Hall–Kier alpha value is -3.74. The maximum Gasteiger partial charge on any atom is 0.294 e. The number of anilines is 1. The van der Waals surface area contributed by atoms with Crippen LogP contribution in [0.2, 0.25) is 0 Å². The summed E-state index contributed by atoms with van der Waals surface area (Å²) in [6.45, 7) is 2.11. The van der Waals surface area contributed by atoms with E-state index in [1.807, 2.05) is 31.2 Å². The number of hydrogen-bond donors (Lipinski definition) is 1. The van der Waals surface area contributed by atoms with Crippen molar-refractivity contribution in [3.63, 3.8) is 0 Å². The number of ether oxygens (including phenoxy) is 2. The smallest absolute Gasteiger partial charge is 0.294 e. The SMILES string of the molecule is Cc1ccc([C@H](C(=O)NC2CCCC2)N(C(=O)c2ccco2)c2ccc3c(c2)OCO3)cc1. The largest absolute Gasteiger partial charge is 0.459 e. The summed E-state index contributed by atoms with van der Waals surface area (Å²) in [4.78, 5) is 28.9. The fraction of sp³-hybridized carbons (Fsp3) is 0.308. The van der Waals surface area contributed by atoms with Gasteiger partial charge in [-0.25, -0.2) is 0 Å². The highest BCUT2D eigenvalue weighted by molar-refractivity contribution is 6.08. The second-order valence-electron chi connectivity index (χ2n) is 8.49. The van der Waals surface area contributed by atoms with Crippen LogP contribution in [0.5, 0.6) is 11.5 Å². The van der Waals surface area contributed by atoms with Crippen molar-refractivity contribution in [2.75, 3.05) is 11.7 Å². The van der Waals surface area contributed by atoms with Gasteiger partial charge in [0.25, 0.3) is 5.91 Å². The standard InChI is InChI=1S/C26H26N2O5/c1-17-8-10-18(11-9-17)24(25(29)27-19-5-2-3-6-19)28(26(30)22-7-4-14-31-22)20-12-13-21-23(15-20)33-16-32-21/h4,7-15,19,24H,2-3,5-6,16H2,1H3,(H,27,29)/t24-/m1/s1. The average Bonchev–Trinajstić information content (AvgIpc) is 3.60. The van der Waals surface area contributed by atoms with Gasteiger partial charge in [0.15, 0.2) is 17.3 Å². The molecule has 1 fully saturated rings. The first-order valence-electron chi connectivity index (χ1n) is 11.2. The number of hydrogen-bond acceptors (Lipinski definition) is 5. The van der Waals surface area contributed by atoms with E-state index in [9.17, 15) is 9.59 Å². The molecule has 1 aromatic heterocycles. The fourth-order valence-electron chi connectivity index (χ4n) is 4.45. The van der Waals surface area contributed by atoms with Crippen molar-refractivity contribution in [1.82, 2.24) is 5.32 Å². The van der Waals surface area contributed by atoms with Gasteiger partial charge in [-0.1, -0.05) is 42.7 Å². The van der Waals surface area contributed by atoms with Crippen LogP contribution < -0.4 is 19.7 Å². The molecule has 5 rings (SSSR count). The predicted octanol–water partition coefficient (Wildman–Crippen LogP) is 4.76. The first kappa shape index (κ1) is 21.1. The number of benzene rings is 2. The zero-order valence-corrected chi connectivity index (χ0v) is 18.5. The third kappa shape index (κ3) is 4.31. The Kier molecular flexibility index (Phi) is 5.77. The number of rotatable bonds is 6. The van der Waals surface area contributed by atoms with Crippen LogP contribution in [-0.2, 0) is 4.79 Å². The number of nitrogens with zero attached hydrogens (tertiary/aromatic N) is 1. The summed E-state index contributed by atoms with van der Waals surface area (Å²) in [5, 5.41) is 3.18. The minimum Gasteiger partial charge on any atom is -0.459 e. The lowest BCUT2D eigenvalue weighted by molar-refractivity contribution is -0.123. The van der Waals surface area contributed by atoms with E-state index in [4.69, 9.17) is 13.9 Å². The van der Waals surface area contributed by atoms with Gasteiger partial charge in [-0.05, 0) is 49.6 Å². The molecule has 2 aliphatic rings. The summed E-state index contributed by atoms with van der Waals surface area (Å²) in [6.07, 6.45) is 5.53. The molecule has 3 aromatic rings. The van der Waals surface area contributed by atoms with Gasteiger partial charge in [-0.15, -0.1) is 0 Å². The summed E-state index contributed by atoms with van der Waals surface area (Å²) in [5.41, 5.74) is 2.31. The van der Waals surface area contributed by atoms with Crippen LogP contribution in [0.25, 0.3) is 0 Å². The Morgan fingerprint density at radius 2 is 1.76 bits per heavy atom. The summed E-state index contributed by atoms with van der Waals surface area (Å²) >= 11 is 0. The zero-order valence-electron chi connectivity index (χ0n) is 18.5. The summed E-state index contributed by atoms with van der Waals surface area (Å²) in [7, 11) is 0. The number of carbonyl (C=O) groups excluding carboxylic acids is 2. The third-order valence-corrected chi connectivity index (χ3v) is 6.19. The first-order valence-corrected chi connectivity index (χ1v) is 11.2. The topological polar surface area (TPSA) is 81.0 Å². The maximum absolute atomic E-state index is 13.7. The van der Waals surface area contributed by atoms with Crippen LogP contribution in [0, 0.1) is 6.92 Å². The van der Waals surface area contributed by atoms with Gasteiger partial charge in [0.1, 0.15) is 6.04 Å². The summed E-state index contributed by atoms with van der Waals surface area (Å²) in [5.74, 6) is 0.655. The Morgan fingerprint density at radius 3 is 2.48 bits per heavy atom. The number of nitrogens with one attached hydrogen (secondary N) is 1. The van der Waals surface area contributed by atoms with Gasteiger partial charge in [-0.2, -0.15) is 0 Å². The van der Waals surface area contributed by atoms with Gasteiger partial charge in [0, 0.05) is 17.8 Å². The lowest BCUT2D eigenvalue weighted by Gasteiger charge is -2.32. The molecule has 33 heavy (non-hydrogen) atoms. The van der Waals surface area contributed by atoms with Crippen molar-refractivity contribution >= 4 is 17.5 Å². The van der Waals surface area contributed by atoms with E-state index in [1.165, 1.54) is 11.2 Å². The van der Waals surface area contributed by atoms with E-state index in [-0.39, 0.29) is 24.5 Å². The molecule has 170 valence electrons. The van der Waals surface area contributed by atoms with Gasteiger partial charge < -0.3 is 19.2 Å². The van der Waals surface area contributed by atoms with Crippen LogP contribution in [0.4, 0.5) is 5.69 Å². The molecule has 0 bridgehead atoms. The molecule has 7 heteroatoms. The van der Waals surface area contributed by atoms with Gasteiger partial charge in [0.2, 0.25) is 12.7 Å². The van der Waals surface area contributed by atoms with Crippen molar-refractivity contribution in [2.24, 2.45) is 0 Å². The molecule has 0 spiro atoms. The second-order valence-corrected chi connectivity index (χ2v) is 8.49. The maximum atomic E-state index is 13.7. The lowest BCUT2D eigenvalue weighted by Crippen LogP contribution is -2.46. The molecule has 1 atom stereocenters. The Morgan fingerprint density at radius 1 is 1.00 bits per heavy atom. The van der Waals surface area contributed by atoms with Crippen molar-refractivity contribution in [2.45, 2.75) is 44.7 Å². The van der Waals surface area contributed by atoms with Crippen molar-refractivity contribution in [1.29, 1.82) is 0 Å². The van der Waals surface area contributed by atoms with Crippen LogP contribution in [0.15, 0.2) is 65.3 Å². The third-order valence-electron chi connectivity index (χ3n) is 6.19. The molecule has 0 radical (unpaired) electrons. The van der Waals surface area contributed by atoms with Crippen molar-refractivity contribution in [3.05, 3.63) is 77.7 Å². The molecule has 1 N–H and O–H groups in total. The Labute approximate surface area is 192 Å². The fourth-order valence-corrected chi connectivity index (χ4v) is 4.45. The molecular formula is C26H26N2O5. The minimum atomic E-state index is -0.885. The second kappa shape index (κ2) is 9.02. The number of furan rings is 1. The number of amides is 2. The molecule has 2 heterocycles. The van der Waals surface area contributed by atoms with E-state index >= 15 is 0 Å². The van der Waals surface area contributed by atoms with E-state index in [1.54, 1.807) is 30.3 Å². The highest BCUT2D eigenvalue weighted by atomic mass is 16.7. The van der Waals surface area contributed by atoms with Gasteiger partial charge in [-0.3, -0.25) is 14.5 Å². The molecule has 2 aromatic carbocycles. The van der Waals surface area contributed by atoms with Crippen LogP contribution in [0.3, 0.4) is 0 Å². The van der Waals surface area contributed by atoms with Crippen LogP contribution in [-0.4, -0.2) is 24.6 Å². The monoisotopic (exact) mass is 446 g/mol. The summed E-state index contributed by atoms with van der Waals surface area (Å²) in [6, 6.07) is 15.4. The molecule has 1 aliphatic heterocycles. The highest BCUT2D eigenvalue weighted by Gasteiger charge is 2.36. The van der Waals surface area contributed by atoms with Gasteiger partial charge >= 0.3 is 0 Å². The lowest BCUT2D eigenvalue weighted by atomic mass is 10.0. The molecule has 2 amide bonds. The molecular weight excluding hydrogens is 420 g/mol. The van der Waals surface area contributed by atoms with Gasteiger partial charge in [0.05, 0.1) is 6.26 Å². The quantitative estimate of drug-likeness (QED) is 0.590. The van der Waals surface area contributed by atoms with Crippen LogP contribution in [0.1, 0.15) is 53.4 Å². The number of aryl methyl sites for hydroxylation is 1. The van der Waals surface area contributed by atoms with E-state index in [0.717, 1.165) is 31.2 Å². The number of carbonyl (C=O) groups is 2. The van der Waals surface area contributed by atoms with E-state index in [0.29, 0.717) is 22.7 Å². The Balaban J connectivity index is 1.60. The Bertz CT molecular complexity index is 1130.